The number of non-ortho nitro benzene ring substituents is 1. The molecule has 174 valence electrons. The Morgan fingerprint density at radius 1 is 1.18 bits per heavy atom. The second-order valence-corrected chi connectivity index (χ2v) is 7.19. The average molecular weight is 466 g/mol. The molecule has 0 aromatic heterocycles. The molecule has 0 fully saturated rings. The van der Waals surface area contributed by atoms with Gasteiger partial charge in [-0.15, -0.1) is 0 Å². The molecule has 1 aliphatic heterocycles. The fraction of sp³-hybridized carbons (Fsp3) is 0.174. The number of nitriles is 1. The number of nitro benzene ring substituents is 1. The maximum absolute atomic E-state index is 15.2. The number of carbonyl (C=O) groups is 2. The van der Waals surface area contributed by atoms with Crippen LogP contribution in [0.4, 0.5) is 15.8 Å². The third kappa shape index (κ3) is 3.93. The zero-order valence-corrected chi connectivity index (χ0v) is 18.4. The zero-order valence-electron chi connectivity index (χ0n) is 18.4. The fourth-order valence-electron chi connectivity index (χ4n) is 3.85. The molecule has 1 heterocycles. The molecule has 11 heteroatoms. The lowest BCUT2D eigenvalue weighted by molar-refractivity contribution is -0.385. The van der Waals surface area contributed by atoms with Gasteiger partial charge in [0.05, 0.1) is 54.0 Å². The summed E-state index contributed by atoms with van der Waals surface area (Å²) in [5.41, 5.74) is 4.95. The molecule has 1 aliphatic rings. The van der Waals surface area contributed by atoms with Crippen molar-refractivity contribution in [1.82, 2.24) is 0 Å². The molecule has 0 saturated heterocycles. The van der Waals surface area contributed by atoms with Gasteiger partial charge in [0.1, 0.15) is 11.5 Å². The van der Waals surface area contributed by atoms with Crippen LogP contribution in [-0.4, -0.2) is 31.1 Å². The molecule has 3 rings (SSSR count). The van der Waals surface area contributed by atoms with E-state index in [9.17, 15) is 25.0 Å². The van der Waals surface area contributed by atoms with Gasteiger partial charge >= 0.3 is 11.9 Å². The topological polar surface area (TPSA) is 149 Å². The van der Waals surface area contributed by atoms with E-state index in [0.717, 1.165) is 25.2 Å². The predicted octanol–water partition coefficient (Wildman–Crippen LogP) is 2.94. The third-order valence-electron chi connectivity index (χ3n) is 5.28. The zero-order chi connectivity index (χ0) is 25.2. The third-order valence-corrected chi connectivity index (χ3v) is 5.28. The van der Waals surface area contributed by atoms with Gasteiger partial charge < -0.3 is 15.2 Å². The van der Waals surface area contributed by atoms with E-state index < -0.39 is 40.0 Å². The summed E-state index contributed by atoms with van der Waals surface area (Å²) in [7, 11) is 2.14. The van der Waals surface area contributed by atoms with Crippen LogP contribution in [0.1, 0.15) is 17.0 Å². The van der Waals surface area contributed by atoms with Gasteiger partial charge in [-0.25, -0.2) is 14.0 Å². The van der Waals surface area contributed by atoms with Crippen LogP contribution in [0.5, 0.6) is 0 Å². The molecule has 0 amide bonds. The molecule has 0 bridgehead atoms. The van der Waals surface area contributed by atoms with Crippen molar-refractivity contribution in [2.75, 3.05) is 19.1 Å². The van der Waals surface area contributed by atoms with Crippen LogP contribution in [0.15, 0.2) is 65.1 Å². The molecule has 1 unspecified atom stereocenters. The number of ether oxygens (including phenoxy) is 2. The largest absolute Gasteiger partial charge is 0.466 e. The van der Waals surface area contributed by atoms with E-state index in [4.69, 9.17) is 15.2 Å². The maximum Gasteiger partial charge on any atom is 0.355 e. The number of anilines is 1. The maximum atomic E-state index is 15.2. The lowest BCUT2D eigenvalue weighted by Crippen LogP contribution is -2.41. The Hall–Kier alpha value is -4.72. The summed E-state index contributed by atoms with van der Waals surface area (Å²) in [6, 6.07) is 12.0. The summed E-state index contributed by atoms with van der Waals surface area (Å²) in [5, 5.41) is 21.1. The summed E-state index contributed by atoms with van der Waals surface area (Å²) in [6.07, 6.45) is 0. The fourth-order valence-corrected chi connectivity index (χ4v) is 3.85. The highest BCUT2D eigenvalue weighted by Crippen LogP contribution is 2.44. The van der Waals surface area contributed by atoms with Crippen molar-refractivity contribution in [3.63, 3.8) is 0 Å². The first kappa shape index (κ1) is 23.9. The van der Waals surface area contributed by atoms with Crippen molar-refractivity contribution >= 4 is 23.3 Å². The van der Waals surface area contributed by atoms with Gasteiger partial charge in [0.15, 0.2) is 5.82 Å². The minimum absolute atomic E-state index is 0.0238. The van der Waals surface area contributed by atoms with Gasteiger partial charge in [0.25, 0.3) is 5.69 Å². The number of aryl methyl sites for hydroxylation is 1. The van der Waals surface area contributed by atoms with Crippen LogP contribution in [-0.2, 0) is 19.1 Å². The number of hydrogen-bond donors (Lipinski definition) is 1. The number of nitrogens with zero attached hydrogens (tertiary/aromatic N) is 3. The Morgan fingerprint density at radius 3 is 2.29 bits per heavy atom. The highest BCUT2D eigenvalue weighted by Gasteiger charge is 2.44. The van der Waals surface area contributed by atoms with Crippen molar-refractivity contribution < 1.29 is 28.4 Å². The highest BCUT2D eigenvalue weighted by atomic mass is 19.1. The number of halogens is 1. The van der Waals surface area contributed by atoms with E-state index in [0.29, 0.717) is 11.6 Å². The Kier molecular flexibility index (Phi) is 6.63. The molecule has 2 N–H and O–H groups in total. The number of nitrogens with two attached hydrogens (primary N) is 1. The molecule has 2 aromatic rings. The number of carbonyl (C=O) groups excluding carboxylic acids is 2. The van der Waals surface area contributed by atoms with Crippen molar-refractivity contribution in [2.45, 2.75) is 12.8 Å². The summed E-state index contributed by atoms with van der Waals surface area (Å²) < 4.78 is 25.0. The van der Waals surface area contributed by atoms with E-state index in [-0.39, 0.29) is 28.2 Å². The van der Waals surface area contributed by atoms with Gasteiger partial charge in [-0.2, -0.15) is 5.26 Å². The van der Waals surface area contributed by atoms with Crippen LogP contribution in [0.25, 0.3) is 0 Å². The normalized spacial score (nSPS) is 15.6. The molecule has 10 nitrogen and oxygen atoms in total. The monoisotopic (exact) mass is 466 g/mol. The first-order chi connectivity index (χ1) is 16.2. The molecule has 0 radical (unpaired) electrons. The summed E-state index contributed by atoms with van der Waals surface area (Å²) >= 11 is 0. The number of esters is 2. The number of methoxy groups -OCH3 is 2. The van der Waals surface area contributed by atoms with Crippen LogP contribution in [0, 0.1) is 34.2 Å². The molecular formula is C23H19FN4O6. The average Bonchev–Trinajstić information content (AvgIpc) is 2.83. The van der Waals surface area contributed by atoms with Gasteiger partial charge in [-0.05, 0) is 18.1 Å². The molecule has 0 spiro atoms. The number of hydrogen-bond acceptors (Lipinski definition) is 9. The number of rotatable bonds is 5. The van der Waals surface area contributed by atoms with Crippen molar-refractivity contribution in [3.05, 3.63) is 92.2 Å². The Bertz CT molecular complexity index is 1270. The highest BCUT2D eigenvalue weighted by molar-refractivity contribution is 6.06. The van der Waals surface area contributed by atoms with Crippen molar-refractivity contribution in [1.29, 1.82) is 5.26 Å². The summed E-state index contributed by atoms with van der Waals surface area (Å²) in [4.78, 5) is 37.2. The van der Waals surface area contributed by atoms with E-state index in [2.05, 4.69) is 0 Å². The lowest BCUT2D eigenvalue weighted by atomic mass is 9.80. The number of nitro groups is 1. The molecule has 2 aromatic carbocycles. The van der Waals surface area contributed by atoms with Crippen LogP contribution >= 0.6 is 0 Å². The standard InChI is InChI=1S/C23H19FN4O6/c1-12-9-14(28(31)32)10-16(24)19(12)27-20(23(30)34-3)18(22(29)33-2)17(15(11-25)21(27)26)13-7-5-4-6-8-13/h4-10,17H,26H2,1-3H3. The molecule has 0 aliphatic carbocycles. The van der Waals surface area contributed by atoms with Crippen LogP contribution in [0.3, 0.4) is 0 Å². The predicted molar refractivity (Wildman–Crippen MR) is 117 cm³/mol. The number of benzene rings is 2. The van der Waals surface area contributed by atoms with Gasteiger partial charge in [0.2, 0.25) is 0 Å². The van der Waals surface area contributed by atoms with Crippen LogP contribution in [0.2, 0.25) is 0 Å². The molecule has 34 heavy (non-hydrogen) atoms. The second kappa shape index (κ2) is 9.41. The van der Waals surface area contributed by atoms with Crippen LogP contribution < -0.4 is 10.6 Å². The van der Waals surface area contributed by atoms with Crippen molar-refractivity contribution in [2.24, 2.45) is 5.73 Å². The molecule has 0 saturated carbocycles. The molecular weight excluding hydrogens is 447 g/mol. The minimum Gasteiger partial charge on any atom is -0.466 e. The smallest absolute Gasteiger partial charge is 0.355 e. The first-order valence-electron chi connectivity index (χ1n) is 9.78. The Balaban J connectivity index is 2.47. The van der Waals surface area contributed by atoms with E-state index in [1.807, 2.05) is 6.07 Å². The van der Waals surface area contributed by atoms with Gasteiger partial charge in [-0.3, -0.25) is 15.0 Å². The SMILES string of the molecule is COC(=O)C1=C(C(=O)OC)N(c2c(C)cc([N+](=O)[O-])cc2F)C(N)=C(C#N)C1c1ccccc1. The number of allylic oxidation sites excluding steroid dienone is 1. The Labute approximate surface area is 193 Å². The van der Waals surface area contributed by atoms with Gasteiger partial charge in [0, 0.05) is 6.07 Å². The molecule has 1 atom stereocenters. The minimum atomic E-state index is -1.12. The lowest BCUT2D eigenvalue weighted by Gasteiger charge is -2.36. The summed E-state index contributed by atoms with van der Waals surface area (Å²) in [6.45, 7) is 1.36. The van der Waals surface area contributed by atoms with Crippen molar-refractivity contribution in [3.8, 4) is 6.07 Å². The second-order valence-electron chi connectivity index (χ2n) is 7.19. The van der Waals surface area contributed by atoms with Gasteiger partial charge in [-0.1, -0.05) is 30.3 Å². The van der Waals surface area contributed by atoms with E-state index in [1.54, 1.807) is 30.3 Å². The quantitative estimate of drug-likeness (QED) is 0.399. The van der Waals surface area contributed by atoms with E-state index in [1.165, 1.54) is 6.92 Å². The Morgan fingerprint density at radius 2 is 1.79 bits per heavy atom. The summed E-state index contributed by atoms with van der Waals surface area (Å²) in [5.74, 6) is -4.60. The van der Waals surface area contributed by atoms with E-state index >= 15 is 4.39 Å². The first-order valence-corrected chi connectivity index (χ1v) is 9.78.